The molecule has 2 atom stereocenters. The van der Waals surface area contributed by atoms with Crippen molar-refractivity contribution >= 4 is 27.0 Å². The van der Waals surface area contributed by atoms with E-state index < -0.39 is 10.0 Å². The normalized spacial score (nSPS) is 18.3. The van der Waals surface area contributed by atoms with Crippen LogP contribution in [0, 0.1) is 0 Å². The number of hydrogen-bond acceptors (Lipinski definition) is 4. The number of aromatic amines is 1. The largest absolute Gasteiger partial charge is 0.342 e. The molecule has 8 heteroatoms. The number of carbonyl (C=O) groups is 1. The molecule has 1 aliphatic heterocycles. The standard InChI is InChI=1S/C23H28N4O3S/c1-3-16(2)26-31(29,30)19-12-10-17(11-13-19)23(28)27-14-6-7-18(15-27)22-24-20-8-4-5-9-21(20)25-22/h4-5,8-13,16,18,26H,3,6-7,14-15H2,1-2H3,(H,24,25)/t16-,18+/m1/s1. The lowest BCUT2D eigenvalue weighted by molar-refractivity contribution is 0.0705. The van der Waals surface area contributed by atoms with E-state index in [1.54, 1.807) is 12.1 Å². The monoisotopic (exact) mass is 440 g/mol. The third-order valence-corrected chi connectivity index (χ3v) is 7.49. The van der Waals surface area contributed by atoms with Gasteiger partial charge < -0.3 is 9.88 Å². The van der Waals surface area contributed by atoms with Gasteiger partial charge in [0.25, 0.3) is 5.91 Å². The molecule has 0 bridgehead atoms. The summed E-state index contributed by atoms with van der Waals surface area (Å²) in [6.07, 6.45) is 2.58. The molecule has 0 radical (unpaired) electrons. The van der Waals surface area contributed by atoms with Gasteiger partial charge in [-0.25, -0.2) is 18.1 Å². The number of imidazole rings is 1. The number of sulfonamides is 1. The van der Waals surface area contributed by atoms with Gasteiger partial charge in [0.1, 0.15) is 5.82 Å². The fourth-order valence-electron chi connectivity index (χ4n) is 3.93. The van der Waals surface area contributed by atoms with Crippen LogP contribution < -0.4 is 4.72 Å². The van der Waals surface area contributed by atoms with Crippen molar-refractivity contribution in [3.63, 3.8) is 0 Å². The molecule has 3 aromatic rings. The van der Waals surface area contributed by atoms with E-state index >= 15 is 0 Å². The molecule has 4 rings (SSSR count). The summed E-state index contributed by atoms with van der Waals surface area (Å²) in [5, 5.41) is 0. The van der Waals surface area contributed by atoms with Crippen molar-refractivity contribution in [3.05, 3.63) is 59.9 Å². The number of rotatable bonds is 6. The van der Waals surface area contributed by atoms with Crippen LogP contribution in [0.15, 0.2) is 53.4 Å². The first-order valence-electron chi connectivity index (χ1n) is 10.7. The van der Waals surface area contributed by atoms with Gasteiger partial charge in [-0.1, -0.05) is 19.1 Å². The van der Waals surface area contributed by atoms with Crippen molar-refractivity contribution in [3.8, 4) is 0 Å². The summed E-state index contributed by atoms with van der Waals surface area (Å²) in [7, 11) is -3.58. The van der Waals surface area contributed by atoms with Gasteiger partial charge in [-0.15, -0.1) is 0 Å². The number of nitrogens with one attached hydrogen (secondary N) is 2. The summed E-state index contributed by atoms with van der Waals surface area (Å²) < 4.78 is 27.5. The third kappa shape index (κ3) is 4.65. The first kappa shape index (κ1) is 21.5. The molecule has 1 fully saturated rings. The van der Waals surface area contributed by atoms with E-state index in [1.165, 1.54) is 12.1 Å². The summed E-state index contributed by atoms with van der Waals surface area (Å²) in [5.74, 6) is 0.986. The van der Waals surface area contributed by atoms with E-state index in [9.17, 15) is 13.2 Å². The summed E-state index contributed by atoms with van der Waals surface area (Å²) in [4.78, 5) is 23.2. The second-order valence-corrected chi connectivity index (χ2v) is 9.90. The Morgan fingerprint density at radius 2 is 1.97 bits per heavy atom. The van der Waals surface area contributed by atoms with Gasteiger partial charge in [0.2, 0.25) is 10.0 Å². The maximum absolute atomic E-state index is 13.1. The fraction of sp³-hybridized carbons (Fsp3) is 0.391. The van der Waals surface area contributed by atoms with Crippen molar-refractivity contribution in [2.75, 3.05) is 13.1 Å². The number of hydrogen-bond donors (Lipinski definition) is 2. The Kier molecular flexibility index (Phi) is 6.11. The minimum atomic E-state index is -3.58. The van der Waals surface area contributed by atoms with Crippen molar-refractivity contribution in [2.45, 2.75) is 50.0 Å². The van der Waals surface area contributed by atoms with Gasteiger partial charge >= 0.3 is 0 Å². The molecular weight excluding hydrogens is 412 g/mol. The Bertz CT molecular complexity index is 1140. The Morgan fingerprint density at radius 3 is 2.68 bits per heavy atom. The molecule has 1 aliphatic rings. The molecule has 164 valence electrons. The first-order chi connectivity index (χ1) is 14.9. The molecule has 1 saturated heterocycles. The molecule has 0 spiro atoms. The highest BCUT2D eigenvalue weighted by molar-refractivity contribution is 7.89. The van der Waals surface area contributed by atoms with Crippen LogP contribution in [0.5, 0.6) is 0 Å². The lowest BCUT2D eigenvalue weighted by Gasteiger charge is -2.32. The number of piperidine rings is 1. The number of benzene rings is 2. The van der Waals surface area contributed by atoms with Gasteiger partial charge in [0.15, 0.2) is 0 Å². The van der Waals surface area contributed by atoms with E-state index in [2.05, 4.69) is 9.71 Å². The van der Waals surface area contributed by atoms with Crippen molar-refractivity contribution in [1.82, 2.24) is 19.6 Å². The zero-order valence-corrected chi connectivity index (χ0v) is 18.7. The quantitative estimate of drug-likeness (QED) is 0.611. The van der Waals surface area contributed by atoms with Crippen LogP contribution in [0.25, 0.3) is 11.0 Å². The van der Waals surface area contributed by atoms with Crippen LogP contribution >= 0.6 is 0 Å². The molecule has 2 aromatic carbocycles. The topological polar surface area (TPSA) is 95.2 Å². The number of aromatic nitrogens is 2. The second-order valence-electron chi connectivity index (χ2n) is 8.18. The molecule has 1 aromatic heterocycles. The number of amides is 1. The Hall–Kier alpha value is -2.71. The Morgan fingerprint density at radius 1 is 1.23 bits per heavy atom. The summed E-state index contributed by atoms with van der Waals surface area (Å²) in [5.41, 5.74) is 2.43. The highest BCUT2D eigenvalue weighted by Gasteiger charge is 2.27. The van der Waals surface area contributed by atoms with Gasteiger partial charge in [0.05, 0.1) is 15.9 Å². The van der Waals surface area contributed by atoms with E-state index in [-0.39, 0.29) is 22.8 Å². The zero-order valence-electron chi connectivity index (χ0n) is 17.8. The van der Waals surface area contributed by atoms with E-state index in [4.69, 9.17) is 4.98 Å². The van der Waals surface area contributed by atoms with Crippen molar-refractivity contribution in [2.24, 2.45) is 0 Å². The molecule has 7 nitrogen and oxygen atoms in total. The average molecular weight is 441 g/mol. The summed E-state index contributed by atoms with van der Waals surface area (Å²) in [6.45, 7) is 5.02. The van der Waals surface area contributed by atoms with Gasteiger partial charge in [0, 0.05) is 30.6 Å². The van der Waals surface area contributed by atoms with E-state index in [0.29, 0.717) is 25.1 Å². The predicted molar refractivity (Wildman–Crippen MR) is 120 cm³/mol. The molecule has 0 unspecified atom stereocenters. The highest BCUT2D eigenvalue weighted by Crippen LogP contribution is 2.27. The Labute approximate surface area is 182 Å². The zero-order chi connectivity index (χ0) is 22.0. The molecule has 2 heterocycles. The molecular formula is C23H28N4O3S. The van der Waals surface area contributed by atoms with Crippen LogP contribution in [0.1, 0.15) is 55.2 Å². The fourth-order valence-corrected chi connectivity index (χ4v) is 5.25. The maximum atomic E-state index is 13.1. The Balaban J connectivity index is 1.47. The third-order valence-electron chi connectivity index (χ3n) is 5.88. The molecule has 1 amide bonds. The number of para-hydroxylation sites is 2. The number of fused-ring (bicyclic) bond motifs is 1. The van der Waals surface area contributed by atoms with E-state index in [0.717, 1.165) is 29.7 Å². The predicted octanol–water partition coefficient (Wildman–Crippen LogP) is 3.66. The van der Waals surface area contributed by atoms with Gasteiger partial charge in [-0.05, 0) is 62.6 Å². The van der Waals surface area contributed by atoms with Gasteiger partial charge in [-0.3, -0.25) is 4.79 Å². The average Bonchev–Trinajstić information content (AvgIpc) is 3.23. The molecule has 2 N–H and O–H groups in total. The highest BCUT2D eigenvalue weighted by atomic mass is 32.2. The molecule has 31 heavy (non-hydrogen) atoms. The molecule has 0 saturated carbocycles. The van der Waals surface area contributed by atoms with Crippen LogP contribution in [0.3, 0.4) is 0 Å². The lowest BCUT2D eigenvalue weighted by Crippen LogP contribution is -2.39. The van der Waals surface area contributed by atoms with Crippen LogP contribution in [-0.2, 0) is 10.0 Å². The summed E-state index contributed by atoms with van der Waals surface area (Å²) >= 11 is 0. The van der Waals surface area contributed by atoms with Crippen LogP contribution in [-0.4, -0.2) is 48.3 Å². The smallest absolute Gasteiger partial charge is 0.253 e. The number of carbonyl (C=O) groups excluding carboxylic acids is 1. The summed E-state index contributed by atoms with van der Waals surface area (Å²) in [6, 6.07) is 14.0. The lowest BCUT2D eigenvalue weighted by atomic mass is 9.96. The van der Waals surface area contributed by atoms with Crippen molar-refractivity contribution in [1.29, 1.82) is 0 Å². The maximum Gasteiger partial charge on any atom is 0.253 e. The van der Waals surface area contributed by atoms with Crippen LogP contribution in [0.2, 0.25) is 0 Å². The number of likely N-dealkylation sites (tertiary alicyclic amines) is 1. The van der Waals surface area contributed by atoms with Crippen molar-refractivity contribution < 1.29 is 13.2 Å². The minimum Gasteiger partial charge on any atom is -0.342 e. The number of nitrogens with zero attached hydrogens (tertiary/aromatic N) is 2. The first-order valence-corrected chi connectivity index (χ1v) is 12.2. The van der Waals surface area contributed by atoms with Crippen LogP contribution in [0.4, 0.5) is 0 Å². The SMILES string of the molecule is CC[C@@H](C)NS(=O)(=O)c1ccc(C(=O)N2CCC[C@H](c3nc4ccccc4[nH]3)C2)cc1. The minimum absolute atomic E-state index is 0.0837. The van der Waals surface area contributed by atoms with Gasteiger partial charge in [-0.2, -0.15) is 0 Å². The second kappa shape index (κ2) is 8.80. The molecule has 0 aliphatic carbocycles. The van der Waals surface area contributed by atoms with E-state index in [1.807, 2.05) is 43.0 Å². The number of H-pyrrole nitrogens is 1.